The van der Waals surface area contributed by atoms with Crippen molar-refractivity contribution < 1.29 is 4.79 Å². The quantitative estimate of drug-likeness (QED) is 0.340. The van der Waals surface area contributed by atoms with E-state index in [9.17, 15) is 4.79 Å². The van der Waals surface area contributed by atoms with Gasteiger partial charge in [0.15, 0.2) is 0 Å². The molecule has 4 nitrogen and oxygen atoms in total. The lowest BCUT2D eigenvalue weighted by Gasteiger charge is -2.09. The molecule has 1 amide bonds. The maximum absolute atomic E-state index is 12.8. The van der Waals surface area contributed by atoms with Gasteiger partial charge in [-0.05, 0) is 40.2 Å². The van der Waals surface area contributed by atoms with E-state index in [0.717, 1.165) is 30.8 Å². The van der Waals surface area contributed by atoms with Crippen molar-refractivity contribution >= 4 is 50.3 Å². The second kappa shape index (κ2) is 7.82. The maximum atomic E-state index is 12.8. The third-order valence-electron chi connectivity index (χ3n) is 3.98. The molecule has 0 fully saturated rings. The molecule has 0 aliphatic carbocycles. The number of carbonyl (C=O) groups is 1. The van der Waals surface area contributed by atoms with Gasteiger partial charge in [0.25, 0.3) is 5.91 Å². The van der Waals surface area contributed by atoms with E-state index in [1.165, 1.54) is 0 Å². The highest BCUT2D eigenvalue weighted by molar-refractivity contribution is 9.11. The highest BCUT2D eigenvalue weighted by Gasteiger charge is 2.13. The number of hydrogen-bond acceptors (Lipinski definition) is 4. The van der Waals surface area contributed by atoms with Crippen LogP contribution in [0.3, 0.4) is 0 Å². The van der Waals surface area contributed by atoms with E-state index in [-0.39, 0.29) is 5.91 Å². The molecule has 0 spiro atoms. The second-order valence-corrected chi connectivity index (χ2v) is 8.27. The number of para-hydroxylation sites is 1. The highest BCUT2D eigenvalue weighted by atomic mass is 79.9. The first-order valence-electron chi connectivity index (χ1n) is 8.25. The number of halogens is 1. The summed E-state index contributed by atoms with van der Waals surface area (Å²) in [6.07, 6.45) is 1.63. The number of amides is 1. The second-order valence-electron chi connectivity index (χ2n) is 5.78. The SMILES string of the molecule is O=C(N/N=C\c1ccc(Br)s1)c1cc(-c2ccccc2)nc2ccccc12. The number of rotatable bonds is 4. The third kappa shape index (κ3) is 3.97. The number of hydrogen-bond donors (Lipinski definition) is 1. The average Bonchev–Trinajstić information content (AvgIpc) is 3.12. The van der Waals surface area contributed by atoms with Gasteiger partial charge in [0.2, 0.25) is 0 Å². The summed E-state index contributed by atoms with van der Waals surface area (Å²) in [6, 6.07) is 23.1. The van der Waals surface area contributed by atoms with E-state index in [4.69, 9.17) is 4.98 Å². The number of thiophene rings is 1. The Labute approximate surface area is 168 Å². The zero-order chi connectivity index (χ0) is 18.6. The first kappa shape index (κ1) is 17.6. The summed E-state index contributed by atoms with van der Waals surface area (Å²) in [5.41, 5.74) is 5.66. The van der Waals surface area contributed by atoms with Crippen LogP contribution in [0.5, 0.6) is 0 Å². The Morgan fingerprint density at radius 3 is 2.59 bits per heavy atom. The van der Waals surface area contributed by atoms with Crippen LogP contribution in [0.1, 0.15) is 15.2 Å². The Balaban J connectivity index is 1.69. The van der Waals surface area contributed by atoms with Crippen LogP contribution in [-0.4, -0.2) is 17.1 Å². The number of pyridine rings is 1. The van der Waals surface area contributed by atoms with Crippen molar-refractivity contribution in [2.75, 3.05) is 0 Å². The van der Waals surface area contributed by atoms with Crippen molar-refractivity contribution in [3.63, 3.8) is 0 Å². The van der Waals surface area contributed by atoms with Crippen LogP contribution in [0.15, 0.2) is 81.7 Å². The Kier molecular flexibility index (Phi) is 5.09. The van der Waals surface area contributed by atoms with Gasteiger partial charge in [-0.15, -0.1) is 11.3 Å². The van der Waals surface area contributed by atoms with Crippen LogP contribution >= 0.6 is 27.3 Å². The van der Waals surface area contributed by atoms with Gasteiger partial charge in [0.1, 0.15) is 0 Å². The van der Waals surface area contributed by atoms with Crippen molar-refractivity contribution in [2.24, 2.45) is 5.10 Å². The smallest absolute Gasteiger partial charge is 0.267 e. The molecule has 132 valence electrons. The summed E-state index contributed by atoms with van der Waals surface area (Å²) in [5.74, 6) is -0.266. The molecule has 2 aromatic carbocycles. The molecule has 1 N–H and O–H groups in total. The minimum atomic E-state index is -0.266. The maximum Gasteiger partial charge on any atom is 0.272 e. The Hall–Kier alpha value is -2.83. The zero-order valence-corrected chi connectivity index (χ0v) is 16.5. The summed E-state index contributed by atoms with van der Waals surface area (Å²) in [6.45, 7) is 0. The van der Waals surface area contributed by atoms with Gasteiger partial charge in [-0.1, -0.05) is 48.5 Å². The number of fused-ring (bicyclic) bond motifs is 1. The van der Waals surface area contributed by atoms with Crippen LogP contribution in [0.4, 0.5) is 0 Å². The molecule has 4 aromatic rings. The molecule has 0 unspecified atom stereocenters. The van der Waals surface area contributed by atoms with Gasteiger partial charge in [-0.3, -0.25) is 4.79 Å². The molecule has 0 bridgehead atoms. The molecule has 2 aromatic heterocycles. The Morgan fingerprint density at radius 1 is 1.04 bits per heavy atom. The fourth-order valence-electron chi connectivity index (χ4n) is 2.73. The molecule has 6 heteroatoms. The van der Waals surface area contributed by atoms with Gasteiger partial charge in [0, 0.05) is 15.8 Å². The molecular formula is C21H14BrN3OS. The van der Waals surface area contributed by atoms with Crippen molar-refractivity contribution in [3.05, 3.63) is 87.0 Å². The first-order valence-corrected chi connectivity index (χ1v) is 9.85. The minimum Gasteiger partial charge on any atom is -0.267 e. The van der Waals surface area contributed by atoms with E-state index in [2.05, 4.69) is 26.5 Å². The monoisotopic (exact) mass is 435 g/mol. The van der Waals surface area contributed by atoms with E-state index in [0.29, 0.717) is 5.56 Å². The van der Waals surface area contributed by atoms with Crippen LogP contribution in [0.25, 0.3) is 22.2 Å². The van der Waals surface area contributed by atoms with E-state index in [1.54, 1.807) is 17.6 Å². The molecule has 0 radical (unpaired) electrons. The Bertz CT molecular complexity index is 1140. The summed E-state index contributed by atoms with van der Waals surface area (Å²) >= 11 is 4.95. The van der Waals surface area contributed by atoms with Gasteiger partial charge < -0.3 is 0 Å². The van der Waals surface area contributed by atoms with E-state index in [1.807, 2.05) is 72.8 Å². The first-order chi connectivity index (χ1) is 13.2. The van der Waals surface area contributed by atoms with Gasteiger partial charge in [0.05, 0.1) is 26.8 Å². The molecular weight excluding hydrogens is 422 g/mol. The molecule has 0 saturated carbocycles. The van der Waals surface area contributed by atoms with Crippen LogP contribution < -0.4 is 5.43 Å². The van der Waals surface area contributed by atoms with E-state index >= 15 is 0 Å². The van der Waals surface area contributed by atoms with Gasteiger partial charge in [-0.25, -0.2) is 10.4 Å². The predicted molar refractivity (Wildman–Crippen MR) is 114 cm³/mol. The number of aromatic nitrogens is 1. The molecule has 2 heterocycles. The van der Waals surface area contributed by atoms with Crippen molar-refractivity contribution in [2.45, 2.75) is 0 Å². The van der Waals surface area contributed by atoms with Crippen LogP contribution in [-0.2, 0) is 0 Å². The third-order valence-corrected chi connectivity index (χ3v) is 5.54. The largest absolute Gasteiger partial charge is 0.272 e. The van der Waals surface area contributed by atoms with Crippen molar-refractivity contribution in [1.82, 2.24) is 10.4 Å². The number of nitrogens with zero attached hydrogens (tertiary/aromatic N) is 2. The molecule has 0 aliphatic rings. The zero-order valence-electron chi connectivity index (χ0n) is 14.1. The van der Waals surface area contributed by atoms with Gasteiger partial charge >= 0.3 is 0 Å². The van der Waals surface area contributed by atoms with Crippen molar-refractivity contribution in [1.29, 1.82) is 0 Å². The highest BCUT2D eigenvalue weighted by Crippen LogP contribution is 2.25. The molecule has 0 atom stereocenters. The molecule has 4 rings (SSSR count). The van der Waals surface area contributed by atoms with Crippen LogP contribution in [0, 0.1) is 0 Å². The molecule has 27 heavy (non-hydrogen) atoms. The number of nitrogens with one attached hydrogen (secondary N) is 1. The summed E-state index contributed by atoms with van der Waals surface area (Å²) in [7, 11) is 0. The number of hydrazone groups is 1. The van der Waals surface area contributed by atoms with Crippen molar-refractivity contribution in [3.8, 4) is 11.3 Å². The topological polar surface area (TPSA) is 54.4 Å². The van der Waals surface area contributed by atoms with E-state index < -0.39 is 0 Å². The fourth-order valence-corrected chi connectivity index (χ4v) is 4.03. The Morgan fingerprint density at radius 2 is 1.81 bits per heavy atom. The summed E-state index contributed by atoms with van der Waals surface area (Å²) in [5, 5.41) is 4.88. The fraction of sp³-hybridized carbons (Fsp3) is 0. The normalized spacial score (nSPS) is 11.1. The lowest BCUT2D eigenvalue weighted by molar-refractivity contribution is 0.0957. The summed E-state index contributed by atoms with van der Waals surface area (Å²) < 4.78 is 1.02. The van der Waals surface area contributed by atoms with Crippen LogP contribution in [0.2, 0.25) is 0 Å². The van der Waals surface area contributed by atoms with Gasteiger partial charge in [-0.2, -0.15) is 5.10 Å². The summed E-state index contributed by atoms with van der Waals surface area (Å²) in [4.78, 5) is 18.4. The average molecular weight is 436 g/mol. The standard InChI is InChI=1S/C21H14BrN3OS/c22-20-11-10-15(27-20)13-23-25-21(26)17-12-19(14-6-2-1-3-7-14)24-18-9-5-4-8-16(17)18/h1-13H,(H,25,26)/b23-13-. The number of benzene rings is 2. The number of carbonyl (C=O) groups excluding carboxylic acids is 1. The molecule has 0 saturated heterocycles. The molecule has 0 aliphatic heterocycles. The predicted octanol–water partition coefficient (Wildman–Crippen LogP) is 5.49. The minimum absolute atomic E-state index is 0.266. The lowest BCUT2D eigenvalue weighted by Crippen LogP contribution is -2.18. The lowest BCUT2D eigenvalue weighted by atomic mass is 10.0.